The molecule has 0 aliphatic rings. The Morgan fingerprint density at radius 3 is 2.71 bits per heavy atom. The van der Waals surface area contributed by atoms with Gasteiger partial charge in [0.05, 0.1) is 12.7 Å². The van der Waals surface area contributed by atoms with E-state index in [4.69, 9.17) is 4.74 Å². The smallest absolute Gasteiger partial charge is 0.123 e. The van der Waals surface area contributed by atoms with Crippen LogP contribution in [0.4, 0.5) is 10.1 Å². The first-order chi connectivity index (χ1) is 8.10. The van der Waals surface area contributed by atoms with Gasteiger partial charge in [-0.25, -0.2) is 4.39 Å². The fourth-order valence-electron chi connectivity index (χ4n) is 1.80. The van der Waals surface area contributed by atoms with E-state index in [9.17, 15) is 9.50 Å². The molecule has 1 rings (SSSR count). The fraction of sp³-hybridized carbons (Fsp3) is 0.538. The van der Waals surface area contributed by atoms with Crippen molar-refractivity contribution in [3.63, 3.8) is 0 Å². The van der Waals surface area contributed by atoms with Gasteiger partial charge in [0.25, 0.3) is 0 Å². The minimum atomic E-state index is -0.683. The lowest BCUT2D eigenvalue weighted by Crippen LogP contribution is -2.28. The number of aliphatic hydroxyl groups excluding tert-OH is 1. The summed E-state index contributed by atoms with van der Waals surface area (Å²) >= 11 is 0. The SMILES string of the molecule is CCN(CCOC)c1ccc(F)cc1C(C)O. The Labute approximate surface area is 102 Å². The van der Waals surface area contributed by atoms with Gasteiger partial charge in [-0.05, 0) is 32.0 Å². The molecule has 0 fully saturated rings. The van der Waals surface area contributed by atoms with Gasteiger partial charge in [-0.2, -0.15) is 0 Å². The summed E-state index contributed by atoms with van der Waals surface area (Å²) in [7, 11) is 1.65. The van der Waals surface area contributed by atoms with Crippen LogP contribution in [-0.2, 0) is 4.74 Å². The lowest BCUT2D eigenvalue weighted by atomic mass is 10.1. The van der Waals surface area contributed by atoms with E-state index in [2.05, 4.69) is 4.90 Å². The summed E-state index contributed by atoms with van der Waals surface area (Å²) in [5.41, 5.74) is 1.48. The molecule has 0 heterocycles. The summed E-state index contributed by atoms with van der Waals surface area (Å²) in [6.45, 7) is 5.77. The quantitative estimate of drug-likeness (QED) is 0.830. The number of nitrogens with zero attached hydrogens (tertiary/aromatic N) is 1. The largest absolute Gasteiger partial charge is 0.389 e. The maximum absolute atomic E-state index is 13.2. The topological polar surface area (TPSA) is 32.7 Å². The third kappa shape index (κ3) is 3.68. The highest BCUT2D eigenvalue weighted by Gasteiger charge is 2.14. The Balaban J connectivity index is 3.00. The number of rotatable bonds is 6. The van der Waals surface area contributed by atoms with Crippen molar-refractivity contribution in [3.8, 4) is 0 Å². The number of ether oxygens (including phenoxy) is 1. The van der Waals surface area contributed by atoms with Gasteiger partial charge in [0.1, 0.15) is 5.82 Å². The summed E-state index contributed by atoms with van der Waals surface area (Å²) in [6, 6.07) is 4.50. The average molecular weight is 241 g/mol. The first kappa shape index (κ1) is 13.9. The minimum absolute atomic E-state index is 0.326. The Kier molecular flexibility index (Phi) is 5.38. The van der Waals surface area contributed by atoms with Crippen molar-refractivity contribution in [2.45, 2.75) is 20.0 Å². The predicted octanol–water partition coefficient (Wildman–Crippen LogP) is 2.35. The number of likely N-dealkylation sites (N-methyl/N-ethyl adjacent to an activating group) is 1. The third-order valence-corrected chi connectivity index (χ3v) is 2.73. The second kappa shape index (κ2) is 6.57. The molecule has 1 unspecified atom stereocenters. The highest BCUT2D eigenvalue weighted by atomic mass is 19.1. The molecule has 0 saturated heterocycles. The lowest BCUT2D eigenvalue weighted by molar-refractivity contribution is 0.197. The number of hydrogen-bond acceptors (Lipinski definition) is 3. The molecule has 0 aliphatic heterocycles. The Bertz CT molecular complexity index is 355. The number of aliphatic hydroxyl groups is 1. The average Bonchev–Trinajstić information content (AvgIpc) is 2.31. The molecule has 0 aromatic heterocycles. The van der Waals surface area contributed by atoms with E-state index in [0.29, 0.717) is 12.2 Å². The minimum Gasteiger partial charge on any atom is -0.389 e. The van der Waals surface area contributed by atoms with Crippen LogP contribution in [0.3, 0.4) is 0 Å². The zero-order valence-corrected chi connectivity index (χ0v) is 10.6. The molecule has 17 heavy (non-hydrogen) atoms. The second-order valence-corrected chi connectivity index (χ2v) is 3.95. The number of halogens is 1. The predicted molar refractivity (Wildman–Crippen MR) is 66.8 cm³/mol. The van der Waals surface area contributed by atoms with E-state index < -0.39 is 6.10 Å². The molecule has 1 aromatic rings. The monoisotopic (exact) mass is 241 g/mol. The van der Waals surface area contributed by atoms with E-state index in [1.165, 1.54) is 12.1 Å². The summed E-state index contributed by atoms with van der Waals surface area (Å²) in [5.74, 6) is -0.326. The van der Waals surface area contributed by atoms with Crippen LogP contribution in [0.5, 0.6) is 0 Å². The van der Waals surface area contributed by atoms with Crippen molar-refractivity contribution < 1.29 is 14.2 Å². The van der Waals surface area contributed by atoms with Gasteiger partial charge in [0.15, 0.2) is 0 Å². The van der Waals surface area contributed by atoms with Crippen LogP contribution in [-0.4, -0.2) is 31.9 Å². The van der Waals surface area contributed by atoms with Gasteiger partial charge in [-0.15, -0.1) is 0 Å². The van der Waals surface area contributed by atoms with Gasteiger partial charge in [-0.3, -0.25) is 0 Å². The molecule has 1 atom stereocenters. The fourth-order valence-corrected chi connectivity index (χ4v) is 1.80. The third-order valence-electron chi connectivity index (χ3n) is 2.73. The molecule has 0 saturated carbocycles. The van der Waals surface area contributed by atoms with E-state index in [1.54, 1.807) is 20.1 Å². The Hall–Kier alpha value is -1.13. The molecule has 0 bridgehead atoms. The number of anilines is 1. The van der Waals surface area contributed by atoms with Crippen LogP contribution in [0, 0.1) is 5.82 Å². The van der Waals surface area contributed by atoms with Crippen LogP contribution in [0.1, 0.15) is 25.5 Å². The normalized spacial score (nSPS) is 12.5. The maximum atomic E-state index is 13.2. The molecule has 0 amide bonds. The molecule has 1 aromatic carbocycles. The summed E-state index contributed by atoms with van der Waals surface area (Å²) in [5, 5.41) is 9.67. The molecule has 0 aliphatic carbocycles. The van der Waals surface area contributed by atoms with E-state index in [0.717, 1.165) is 18.8 Å². The van der Waals surface area contributed by atoms with Crippen molar-refractivity contribution in [2.75, 3.05) is 31.7 Å². The number of benzene rings is 1. The van der Waals surface area contributed by atoms with Crippen molar-refractivity contribution >= 4 is 5.69 Å². The summed E-state index contributed by atoms with van der Waals surface area (Å²) in [4.78, 5) is 2.06. The van der Waals surface area contributed by atoms with Crippen LogP contribution < -0.4 is 4.90 Å². The Morgan fingerprint density at radius 2 is 2.18 bits per heavy atom. The number of methoxy groups -OCH3 is 1. The van der Waals surface area contributed by atoms with Crippen molar-refractivity contribution in [1.82, 2.24) is 0 Å². The van der Waals surface area contributed by atoms with Crippen molar-refractivity contribution in [1.29, 1.82) is 0 Å². The molecule has 1 N–H and O–H groups in total. The second-order valence-electron chi connectivity index (χ2n) is 3.95. The molecular weight excluding hydrogens is 221 g/mol. The molecular formula is C13H20FNO2. The maximum Gasteiger partial charge on any atom is 0.123 e. The van der Waals surface area contributed by atoms with Gasteiger partial charge in [0, 0.05) is 31.5 Å². The number of hydrogen-bond donors (Lipinski definition) is 1. The van der Waals surface area contributed by atoms with Crippen LogP contribution in [0.15, 0.2) is 18.2 Å². The zero-order chi connectivity index (χ0) is 12.8. The van der Waals surface area contributed by atoms with Gasteiger partial charge in [-0.1, -0.05) is 0 Å². The van der Waals surface area contributed by atoms with Crippen molar-refractivity contribution in [3.05, 3.63) is 29.6 Å². The first-order valence-electron chi connectivity index (χ1n) is 5.81. The standard InChI is InChI=1S/C13H20FNO2/c1-4-15(7-8-17-3)13-6-5-11(14)9-12(13)10(2)16/h5-6,9-10,16H,4,7-8H2,1-3H3. The molecule has 4 heteroatoms. The van der Waals surface area contributed by atoms with Gasteiger partial charge >= 0.3 is 0 Å². The van der Waals surface area contributed by atoms with Crippen LogP contribution >= 0.6 is 0 Å². The zero-order valence-electron chi connectivity index (χ0n) is 10.6. The highest BCUT2D eigenvalue weighted by Crippen LogP contribution is 2.27. The van der Waals surface area contributed by atoms with Crippen LogP contribution in [0.25, 0.3) is 0 Å². The molecule has 96 valence electrons. The molecule has 0 radical (unpaired) electrons. The Morgan fingerprint density at radius 1 is 1.47 bits per heavy atom. The van der Waals surface area contributed by atoms with E-state index >= 15 is 0 Å². The van der Waals surface area contributed by atoms with Gasteiger partial charge < -0.3 is 14.7 Å². The van der Waals surface area contributed by atoms with E-state index in [-0.39, 0.29) is 5.82 Å². The summed E-state index contributed by atoms with van der Waals surface area (Å²) in [6.07, 6.45) is -0.683. The summed E-state index contributed by atoms with van der Waals surface area (Å²) < 4.78 is 18.2. The first-order valence-corrected chi connectivity index (χ1v) is 5.81. The van der Waals surface area contributed by atoms with Crippen molar-refractivity contribution in [2.24, 2.45) is 0 Å². The van der Waals surface area contributed by atoms with E-state index in [1.807, 2.05) is 6.92 Å². The van der Waals surface area contributed by atoms with Crippen LogP contribution in [0.2, 0.25) is 0 Å². The molecule has 0 spiro atoms. The highest BCUT2D eigenvalue weighted by molar-refractivity contribution is 5.54. The lowest BCUT2D eigenvalue weighted by Gasteiger charge is -2.26. The molecule has 3 nitrogen and oxygen atoms in total. The van der Waals surface area contributed by atoms with Gasteiger partial charge in [0.2, 0.25) is 0 Å².